The molecule has 0 fully saturated rings. The van der Waals surface area contributed by atoms with Gasteiger partial charge in [-0.2, -0.15) is 0 Å². The number of hydrogen-bond acceptors (Lipinski definition) is 3. The molecule has 0 aliphatic heterocycles. The third-order valence-corrected chi connectivity index (χ3v) is 3.30. The Morgan fingerprint density at radius 3 is 2.67 bits per heavy atom. The molecular weight excluding hydrogens is 296 g/mol. The zero-order chi connectivity index (χ0) is 9.97. The molecule has 2 aromatic rings. The van der Waals surface area contributed by atoms with E-state index < -0.39 is 0 Å². The van der Waals surface area contributed by atoms with E-state index in [9.17, 15) is 0 Å². The molecule has 0 aliphatic carbocycles. The first-order chi connectivity index (χ1) is 6.77. The third kappa shape index (κ3) is 3.01. The van der Waals surface area contributed by atoms with E-state index in [1.165, 1.54) is 0 Å². The first-order valence-electron chi connectivity index (χ1n) is 4.19. The topological polar surface area (TPSA) is 38.9 Å². The summed E-state index contributed by atoms with van der Waals surface area (Å²) in [4.78, 5) is 5.46. The lowest BCUT2D eigenvalue weighted by Crippen LogP contribution is -2.11. The van der Waals surface area contributed by atoms with Crippen molar-refractivity contribution < 1.29 is 0 Å². The van der Waals surface area contributed by atoms with E-state index in [0.717, 1.165) is 15.2 Å². The lowest BCUT2D eigenvalue weighted by molar-refractivity contribution is 0.842. The molecule has 0 unspecified atom stereocenters. The number of hydrogen-bond donors (Lipinski definition) is 1. The zero-order valence-corrected chi connectivity index (χ0v) is 11.0. The van der Waals surface area contributed by atoms with Gasteiger partial charge in [-0.3, -0.25) is 0 Å². The van der Waals surface area contributed by atoms with Crippen LogP contribution in [0.15, 0.2) is 40.3 Å². The van der Waals surface area contributed by atoms with Gasteiger partial charge in [0.15, 0.2) is 0 Å². The van der Waals surface area contributed by atoms with Crippen molar-refractivity contribution in [3.05, 3.63) is 50.9 Å². The second-order valence-corrected chi connectivity index (χ2v) is 4.67. The molecule has 0 radical (unpaired) electrons. The molecule has 0 spiro atoms. The van der Waals surface area contributed by atoms with Gasteiger partial charge >= 0.3 is 0 Å². The molecule has 0 aliphatic rings. The van der Waals surface area contributed by atoms with Gasteiger partial charge in [0.1, 0.15) is 4.60 Å². The van der Waals surface area contributed by atoms with Gasteiger partial charge in [0.05, 0.1) is 11.7 Å². The van der Waals surface area contributed by atoms with Crippen molar-refractivity contribution in [3.63, 3.8) is 0 Å². The highest BCUT2D eigenvalue weighted by atomic mass is 79.9. The molecule has 0 saturated heterocycles. The summed E-state index contributed by atoms with van der Waals surface area (Å²) in [6.07, 6.45) is 0. The van der Waals surface area contributed by atoms with Gasteiger partial charge in [0.25, 0.3) is 0 Å². The Kier molecular flexibility index (Phi) is 4.73. The minimum atomic E-state index is -0.118. The summed E-state index contributed by atoms with van der Waals surface area (Å²) >= 11 is 4.98. The number of nitrogens with zero attached hydrogens (tertiary/aromatic N) is 1. The van der Waals surface area contributed by atoms with E-state index in [1.54, 1.807) is 11.3 Å². The molecule has 2 N–H and O–H groups in total. The Morgan fingerprint density at radius 1 is 1.27 bits per heavy atom. The van der Waals surface area contributed by atoms with Gasteiger partial charge in [-0.15, -0.1) is 23.7 Å². The zero-order valence-electron chi connectivity index (χ0n) is 7.76. The second-order valence-electron chi connectivity index (χ2n) is 2.88. The summed E-state index contributed by atoms with van der Waals surface area (Å²) in [6, 6.07) is 9.68. The van der Waals surface area contributed by atoms with Crippen LogP contribution >= 0.6 is 39.7 Å². The van der Waals surface area contributed by atoms with E-state index in [0.29, 0.717) is 0 Å². The first kappa shape index (κ1) is 12.6. The Hall–Kier alpha value is -0.420. The van der Waals surface area contributed by atoms with E-state index in [1.807, 2.05) is 35.7 Å². The van der Waals surface area contributed by atoms with Crippen LogP contribution < -0.4 is 5.73 Å². The fourth-order valence-electron chi connectivity index (χ4n) is 1.21. The summed E-state index contributed by atoms with van der Waals surface area (Å²) < 4.78 is 0.821. The largest absolute Gasteiger partial charge is 0.318 e. The van der Waals surface area contributed by atoms with Crippen LogP contribution in [0.1, 0.15) is 16.6 Å². The summed E-state index contributed by atoms with van der Waals surface area (Å²) in [5.41, 5.74) is 6.95. The van der Waals surface area contributed by atoms with Crippen molar-refractivity contribution >= 4 is 39.7 Å². The molecule has 0 bridgehead atoms. The molecule has 5 heteroatoms. The molecule has 2 aromatic heterocycles. The highest BCUT2D eigenvalue weighted by Gasteiger charge is 2.10. The maximum absolute atomic E-state index is 6.06. The first-order valence-corrected chi connectivity index (χ1v) is 5.86. The number of rotatable bonds is 2. The van der Waals surface area contributed by atoms with Crippen molar-refractivity contribution in [3.8, 4) is 0 Å². The molecule has 2 rings (SSSR count). The minimum absolute atomic E-state index is 0. The molecule has 2 heterocycles. The van der Waals surface area contributed by atoms with Crippen LogP contribution in [-0.2, 0) is 0 Å². The quantitative estimate of drug-likeness (QED) is 0.864. The summed E-state index contributed by atoms with van der Waals surface area (Å²) in [5, 5.41) is 2.02. The van der Waals surface area contributed by atoms with Crippen LogP contribution in [0.25, 0.3) is 0 Å². The molecule has 2 nitrogen and oxygen atoms in total. The van der Waals surface area contributed by atoms with Crippen molar-refractivity contribution in [2.45, 2.75) is 6.04 Å². The van der Waals surface area contributed by atoms with Gasteiger partial charge in [0, 0.05) is 4.88 Å². The van der Waals surface area contributed by atoms with Gasteiger partial charge in [-0.05, 0) is 39.5 Å². The average molecular weight is 306 g/mol. The monoisotopic (exact) mass is 304 g/mol. The van der Waals surface area contributed by atoms with Crippen LogP contribution in [0, 0.1) is 0 Å². The number of thiophene rings is 1. The summed E-state index contributed by atoms with van der Waals surface area (Å²) in [5.74, 6) is 0. The molecule has 0 saturated carbocycles. The highest BCUT2D eigenvalue weighted by molar-refractivity contribution is 9.10. The highest BCUT2D eigenvalue weighted by Crippen LogP contribution is 2.23. The van der Waals surface area contributed by atoms with Crippen LogP contribution in [0.4, 0.5) is 0 Å². The fraction of sp³-hybridized carbons (Fsp3) is 0.100. The number of aromatic nitrogens is 1. The third-order valence-electron chi connectivity index (χ3n) is 1.90. The van der Waals surface area contributed by atoms with Gasteiger partial charge in [-0.1, -0.05) is 12.1 Å². The van der Waals surface area contributed by atoms with Gasteiger partial charge in [0.2, 0.25) is 0 Å². The van der Waals surface area contributed by atoms with Crippen molar-refractivity contribution in [2.75, 3.05) is 0 Å². The standard InChI is InChI=1S/C10H9BrN2S.ClH/c11-9-5-1-3-7(13-9)10(12)8-4-2-6-14-8;/h1-6,10H,12H2;1H/t10-;/m0./s1. The van der Waals surface area contributed by atoms with E-state index in [4.69, 9.17) is 5.73 Å². The fourth-order valence-corrected chi connectivity index (χ4v) is 2.31. The number of halogens is 2. The molecule has 15 heavy (non-hydrogen) atoms. The average Bonchev–Trinajstić information content (AvgIpc) is 2.69. The second kappa shape index (κ2) is 5.61. The molecule has 80 valence electrons. The van der Waals surface area contributed by atoms with E-state index in [-0.39, 0.29) is 18.4 Å². The number of pyridine rings is 1. The Labute approximate surface area is 107 Å². The van der Waals surface area contributed by atoms with Crippen molar-refractivity contribution in [2.24, 2.45) is 5.73 Å². The Balaban J connectivity index is 0.00000112. The van der Waals surface area contributed by atoms with Crippen LogP contribution in [0.3, 0.4) is 0 Å². The van der Waals surface area contributed by atoms with Crippen molar-refractivity contribution in [1.29, 1.82) is 0 Å². The maximum atomic E-state index is 6.06. The van der Waals surface area contributed by atoms with Crippen molar-refractivity contribution in [1.82, 2.24) is 4.98 Å². The summed E-state index contributed by atoms with van der Waals surface area (Å²) in [6.45, 7) is 0. The molecule has 0 aromatic carbocycles. The smallest absolute Gasteiger partial charge is 0.106 e. The van der Waals surface area contributed by atoms with Gasteiger partial charge in [-0.25, -0.2) is 4.98 Å². The Bertz CT molecular complexity index is 419. The van der Waals surface area contributed by atoms with Gasteiger partial charge < -0.3 is 5.73 Å². The Morgan fingerprint density at radius 2 is 2.07 bits per heavy atom. The lowest BCUT2D eigenvalue weighted by atomic mass is 10.2. The predicted molar refractivity (Wildman–Crippen MR) is 69.5 cm³/mol. The predicted octanol–water partition coefficient (Wildman–Crippen LogP) is 3.38. The van der Waals surface area contributed by atoms with Crippen LogP contribution in [0.2, 0.25) is 0 Å². The normalized spacial score (nSPS) is 11.9. The lowest BCUT2D eigenvalue weighted by Gasteiger charge is -2.08. The SMILES string of the molecule is Cl.N[C@@H](c1cccc(Br)n1)c1cccs1. The summed E-state index contributed by atoms with van der Waals surface area (Å²) in [7, 11) is 0. The molecule has 0 amide bonds. The van der Waals surface area contributed by atoms with Crippen LogP contribution in [-0.4, -0.2) is 4.98 Å². The number of nitrogens with two attached hydrogens (primary N) is 1. The van der Waals surface area contributed by atoms with Crippen LogP contribution in [0.5, 0.6) is 0 Å². The molecule has 1 atom stereocenters. The van der Waals surface area contributed by atoms with E-state index in [2.05, 4.69) is 20.9 Å². The minimum Gasteiger partial charge on any atom is -0.318 e. The van der Waals surface area contributed by atoms with E-state index >= 15 is 0 Å². The maximum Gasteiger partial charge on any atom is 0.106 e. The molecular formula is C10H10BrClN2S.